The van der Waals surface area contributed by atoms with Crippen molar-refractivity contribution in [3.63, 3.8) is 0 Å². The summed E-state index contributed by atoms with van der Waals surface area (Å²) in [4.78, 5) is 0. The summed E-state index contributed by atoms with van der Waals surface area (Å²) < 4.78 is 44.1. The van der Waals surface area contributed by atoms with Crippen LogP contribution in [0.15, 0.2) is 18.2 Å². The van der Waals surface area contributed by atoms with E-state index >= 15 is 0 Å². The Morgan fingerprint density at radius 2 is 2.19 bits per heavy atom. The summed E-state index contributed by atoms with van der Waals surface area (Å²) in [5.41, 5.74) is 4.79. The molecule has 0 saturated heterocycles. The smallest absolute Gasteiger partial charge is 0.378 e. The van der Waals surface area contributed by atoms with E-state index in [2.05, 4.69) is 5.32 Å². The highest BCUT2D eigenvalue weighted by Crippen LogP contribution is 2.34. The second kappa shape index (κ2) is 5.92. The average Bonchev–Trinajstić information content (AvgIpc) is 2.43. The molecule has 4 nitrogen and oxygen atoms in total. The van der Waals surface area contributed by atoms with Crippen molar-refractivity contribution in [3.8, 4) is 6.07 Å². The van der Waals surface area contributed by atoms with Crippen molar-refractivity contribution in [3.05, 3.63) is 29.3 Å². The molecule has 3 atom stereocenters. The molecule has 3 unspecified atom stereocenters. The number of nitrogens with one attached hydrogen (secondary N) is 1. The van der Waals surface area contributed by atoms with Gasteiger partial charge in [0.15, 0.2) is 0 Å². The van der Waals surface area contributed by atoms with Gasteiger partial charge in [0.25, 0.3) is 0 Å². The van der Waals surface area contributed by atoms with Gasteiger partial charge in [-0.1, -0.05) is 0 Å². The number of nitrogens with two attached hydrogens (primary N) is 1. The molecule has 0 bridgehead atoms. The van der Waals surface area contributed by atoms with E-state index in [9.17, 15) is 13.2 Å². The third-order valence-corrected chi connectivity index (χ3v) is 3.53. The molecule has 0 heterocycles. The summed E-state index contributed by atoms with van der Waals surface area (Å²) in [6, 6.07) is 4.71. The van der Waals surface area contributed by atoms with E-state index in [0.29, 0.717) is 13.0 Å². The van der Waals surface area contributed by atoms with Crippen molar-refractivity contribution in [2.24, 2.45) is 5.73 Å². The zero-order valence-electron chi connectivity index (χ0n) is 11.4. The maximum Gasteiger partial charge on any atom is 0.417 e. The second-order valence-corrected chi connectivity index (χ2v) is 4.93. The van der Waals surface area contributed by atoms with Crippen molar-refractivity contribution in [1.29, 1.82) is 5.26 Å². The second-order valence-electron chi connectivity index (χ2n) is 4.93. The maximum absolute atomic E-state index is 12.9. The van der Waals surface area contributed by atoms with Crippen LogP contribution in [-0.4, -0.2) is 24.8 Å². The van der Waals surface area contributed by atoms with Crippen LogP contribution in [0.2, 0.25) is 0 Å². The predicted molar refractivity (Wildman–Crippen MR) is 71.6 cm³/mol. The lowest BCUT2D eigenvalue weighted by Crippen LogP contribution is -2.60. The lowest BCUT2D eigenvalue weighted by Gasteiger charge is -2.43. The summed E-state index contributed by atoms with van der Waals surface area (Å²) in [6.07, 6.45) is -3.99. The zero-order chi connectivity index (χ0) is 15.6. The van der Waals surface area contributed by atoms with Crippen molar-refractivity contribution in [2.45, 2.75) is 37.7 Å². The number of benzene rings is 1. The molecule has 7 heteroatoms. The first-order valence-corrected chi connectivity index (χ1v) is 6.62. The summed E-state index contributed by atoms with van der Waals surface area (Å²) >= 11 is 0. The molecule has 1 saturated carbocycles. The highest BCUT2D eigenvalue weighted by molar-refractivity contribution is 5.54. The highest BCUT2D eigenvalue weighted by atomic mass is 19.4. The number of halogens is 3. The predicted octanol–water partition coefficient (Wildman–Crippen LogP) is 2.49. The zero-order valence-corrected chi connectivity index (χ0v) is 11.4. The van der Waals surface area contributed by atoms with Gasteiger partial charge in [-0.25, -0.2) is 0 Å². The van der Waals surface area contributed by atoms with Gasteiger partial charge in [0.05, 0.1) is 29.3 Å². The van der Waals surface area contributed by atoms with Crippen molar-refractivity contribution < 1.29 is 17.9 Å². The minimum absolute atomic E-state index is 0.102. The molecule has 3 N–H and O–H groups in total. The SMILES string of the molecule is CCOC1CC(N)C1Nc1ccc(C#N)c(C(F)(F)F)c1. The summed E-state index contributed by atoms with van der Waals surface area (Å²) in [5.74, 6) is 0. The Hall–Kier alpha value is -1.78. The summed E-state index contributed by atoms with van der Waals surface area (Å²) in [6.45, 7) is 2.38. The van der Waals surface area contributed by atoms with Gasteiger partial charge in [0.2, 0.25) is 0 Å². The number of ether oxygens (including phenoxy) is 1. The number of hydrogen-bond donors (Lipinski definition) is 2. The number of nitriles is 1. The molecule has 1 aromatic rings. The molecule has 0 aliphatic heterocycles. The van der Waals surface area contributed by atoms with Gasteiger partial charge in [0, 0.05) is 18.3 Å². The van der Waals surface area contributed by atoms with Crippen LogP contribution in [0.1, 0.15) is 24.5 Å². The van der Waals surface area contributed by atoms with Gasteiger partial charge in [-0.3, -0.25) is 0 Å². The van der Waals surface area contributed by atoms with Gasteiger partial charge in [-0.15, -0.1) is 0 Å². The maximum atomic E-state index is 12.9. The summed E-state index contributed by atoms with van der Waals surface area (Å²) in [5, 5.41) is 11.7. The first-order chi connectivity index (χ1) is 9.86. The van der Waals surface area contributed by atoms with E-state index in [0.717, 1.165) is 12.1 Å². The molecule has 1 aromatic carbocycles. The molecule has 114 valence electrons. The van der Waals surface area contributed by atoms with Gasteiger partial charge in [-0.05, 0) is 31.5 Å². The fourth-order valence-corrected chi connectivity index (χ4v) is 2.39. The lowest BCUT2D eigenvalue weighted by atomic mass is 9.83. The Morgan fingerprint density at radius 3 is 2.71 bits per heavy atom. The topological polar surface area (TPSA) is 71.1 Å². The van der Waals surface area contributed by atoms with Gasteiger partial charge < -0.3 is 15.8 Å². The standard InChI is InChI=1S/C14H16F3N3O/c1-2-21-12-6-11(19)13(12)20-9-4-3-8(7-18)10(5-9)14(15,16)17/h3-5,11-13,20H,2,6,19H2,1H3. The molecule has 0 radical (unpaired) electrons. The average molecular weight is 299 g/mol. The number of anilines is 1. The van der Waals surface area contributed by atoms with Gasteiger partial charge >= 0.3 is 6.18 Å². The number of hydrogen-bond acceptors (Lipinski definition) is 4. The first-order valence-electron chi connectivity index (χ1n) is 6.62. The molecule has 1 aliphatic carbocycles. The monoisotopic (exact) mass is 299 g/mol. The molecular formula is C14H16F3N3O. The fraction of sp³-hybridized carbons (Fsp3) is 0.500. The molecule has 0 aromatic heterocycles. The van der Waals surface area contributed by atoms with E-state index in [-0.39, 0.29) is 23.9 Å². The Morgan fingerprint density at radius 1 is 1.48 bits per heavy atom. The Bertz CT molecular complexity index is 551. The van der Waals surface area contributed by atoms with Crippen LogP contribution in [-0.2, 0) is 10.9 Å². The fourth-order valence-electron chi connectivity index (χ4n) is 2.39. The van der Waals surface area contributed by atoms with Crippen LogP contribution in [0.25, 0.3) is 0 Å². The van der Waals surface area contributed by atoms with Crippen LogP contribution in [0.4, 0.5) is 18.9 Å². The number of nitrogens with zero attached hydrogens (tertiary/aromatic N) is 1. The molecule has 0 spiro atoms. The van der Waals surface area contributed by atoms with Crippen LogP contribution in [0.5, 0.6) is 0 Å². The first kappa shape index (κ1) is 15.6. The van der Waals surface area contributed by atoms with E-state index in [1.54, 1.807) is 6.07 Å². The van der Waals surface area contributed by atoms with E-state index in [4.69, 9.17) is 15.7 Å². The minimum Gasteiger partial charge on any atom is -0.378 e. The van der Waals surface area contributed by atoms with Crippen molar-refractivity contribution in [1.82, 2.24) is 0 Å². The largest absolute Gasteiger partial charge is 0.417 e. The van der Waals surface area contributed by atoms with Gasteiger partial charge in [-0.2, -0.15) is 18.4 Å². The van der Waals surface area contributed by atoms with E-state index < -0.39 is 17.3 Å². The minimum atomic E-state index is -4.57. The lowest BCUT2D eigenvalue weighted by molar-refractivity contribution is -0.137. The highest BCUT2D eigenvalue weighted by Gasteiger charge is 2.40. The molecule has 21 heavy (non-hydrogen) atoms. The van der Waals surface area contributed by atoms with Crippen LogP contribution < -0.4 is 11.1 Å². The Kier molecular flexibility index (Phi) is 4.40. The van der Waals surface area contributed by atoms with Crippen molar-refractivity contribution >= 4 is 5.69 Å². The summed E-state index contributed by atoms with van der Waals surface area (Å²) in [7, 11) is 0. The molecule has 1 aliphatic rings. The van der Waals surface area contributed by atoms with Crippen molar-refractivity contribution in [2.75, 3.05) is 11.9 Å². The number of rotatable bonds is 4. The Labute approximate surface area is 120 Å². The third-order valence-electron chi connectivity index (χ3n) is 3.53. The van der Waals surface area contributed by atoms with Crippen LogP contribution in [0.3, 0.4) is 0 Å². The quantitative estimate of drug-likeness (QED) is 0.896. The Balaban J connectivity index is 2.20. The molecule has 2 rings (SSSR count). The molecule has 1 fully saturated rings. The normalized spacial score (nSPS) is 25.0. The molecule has 0 amide bonds. The van der Waals surface area contributed by atoms with E-state index in [1.165, 1.54) is 6.07 Å². The number of alkyl halides is 3. The molecular weight excluding hydrogens is 283 g/mol. The van der Waals surface area contributed by atoms with Crippen LogP contribution >= 0.6 is 0 Å². The van der Waals surface area contributed by atoms with E-state index in [1.807, 2.05) is 6.92 Å². The van der Waals surface area contributed by atoms with Crippen LogP contribution in [0, 0.1) is 11.3 Å². The third kappa shape index (κ3) is 3.28. The van der Waals surface area contributed by atoms with Gasteiger partial charge in [0.1, 0.15) is 0 Å².